The Morgan fingerprint density at radius 1 is 1.18 bits per heavy atom. The highest BCUT2D eigenvalue weighted by molar-refractivity contribution is 5.73. The molecular weight excluding hydrogens is 442 g/mol. The molecular formula is C22H23F4N5O2. The third-order valence-electron chi connectivity index (χ3n) is 5.05. The van der Waals surface area contributed by atoms with Crippen molar-refractivity contribution in [3.63, 3.8) is 0 Å². The zero-order valence-corrected chi connectivity index (χ0v) is 17.8. The largest absolute Gasteiger partial charge is 0.490 e. The molecule has 1 aliphatic heterocycles. The van der Waals surface area contributed by atoms with Crippen molar-refractivity contribution < 1.29 is 27.5 Å². The lowest BCUT2D eigenvalue weighted by Gasteiger charge is -2.15. The maximum Gasteiger partial charge on any atom is 0.490 e. The van der Waals surface area contributed by atoms with Crippen molar-refractivity contribution in [1.29, 1.82) is 0 Å². The number of nitrogens with one attached hydrogen (secondary N) is 1. The maximum absolute atomic E-state index is 14.3. The number of anilines is 1. The van der Waals surface area contributed by atoms with E-state index in [2.05, 4.69) is 45.5 Å². The summed E-state index contributed by atoms with van der Waals surface area (Å²) >= 11 is 0. The van der Waals surface area contributed by atoms with Gasteiger partial charge in [-0.05, 0) is 67.4 Å². The minimum atomic E-state index is -5.08. The molecule has 0 bridgehead atoms. The predicted molar refractivity (Wildman–Crippen MR) is 113 cm³/mol. The Morgan fingerprint density at radius 2 is 1.94 bits per heavy atom. The molecule has 2 heterocycles. The van der Waals surface area contributed by atoms with Crippen LogP contribution in [0.15, 0.2) is 49.1 Å². The average Bonchev–Trinajstić information content (AvgIpc) is 3.21. The van der Waals surface area contributed by atoms with Crippen LogP contribution in [0, 0.1) is 5.82 Å². The summed E-state index contributed by atoms with van der Waals surface area (Å²) in [6.45, 7) is 2.68. The van der Waals surface area contributed by atoms with Crippen molar-refractivity contribution in [2.75, 3.05) is 18.9 Å². The SMILES string of the molecule is CN1CCCc2ccc(NCc3ccc(-n4cncn4)c(F)c3)cc2C1.O=C(O)C(F)(F)F. The van der Waals surface area contributed by atoms with Gasteiger partial charge in [0.2, 0.25) is 0 Å². The van der Waals surface area contributed by atoms with E-state index < -0.39 is 12.1 Å². The van der Waals surface area contributed by atoms with Gasteiger partial charge >= 0.3 is 12.1 Å². The molecule has 2 N–H and O–H groups in total. The third kappa shape index (κ3) is 6.75. The summed E-state index contributed by atoms with van der Waals surface area (Å²) < 4.78 is 47.5. The topological polar surface area (TPSA) is 83.3 Å². The fourth-order valence-corrected chi connectivity index (χ4v) is 3.42. The molecule has 0 aliphatic carbocycles. The summed E-state index contributed by atoms with van der Waals surface area (Å²) in [5.41, 5.74) is 5.17. The molecule has 1 aliphatic rings. The Balaban J connectivity index is 0.000000383. The van der Waals surface area contributed by atoms with Crippen LogP contribution < -0.4 is 5.32 Å². The number of benzene rings is 2. The first-order valence-corrected chi connectivity index (χ1v) is 10.1. The van der Waals surface area contributed by atoms with E-state index in [1.807, 2.05) is 6.07 Å². The number of hydrogen-bond donors (Lipinski definition) is 2. The van der Waals surface area contributed by atoms with Crippen LogP contribution in [0.1, 0.15) is 23.1 Å². The molecule has 11 heteroatoms. The van der Waals surface area contributed by atoms with E-state index in [9.17, 15) is 17.6 Å². The first-order chi connectivity index (χ1) is 15.6. The Bertz CT molecular complexity index is 1090. The summed E-state index contributed by atoms with van der Waals surface area (Å²) in [5.74, 6) is -3.06. The van der Waals surface area contributed by atoms with Gasteiger partial charge in [-0.3, -0.25) is 0 Å². The molecule has 0 amide bonds. The number of aliphatic carboxylic acids is 1. The van der Waals surface area contributed by atoms with Crippen molar-refractivity contribution in [2.45, 2.75) is 32.1 Å². The van der Waals surface area contributed by atoms with E-state index in [1.54, 1.807) is 12.1 Å². The molecule has 1 aromatic heterocycles. The monoisotopic (exact) mass is 465 g/mol. The van der Waals surface area contributed by atoms with Gasteiger partial charge in [0, 0.05) is 18.8 Å². The van der Waals surface area contributed by atoms with Gasteiger partial charge in [0.05, 0.1) is 0 Å². The summed E-state index contributed by atoms with van der Waals surface area (Å²) in [4.78, 5) is 15.1. The van der Waals surface area contributed by atoms with Crippen molar-refractivity contribution in [1.82, 2.24) is 19.7 Å². The predicted octanol–water partition coefficient (Wildman–Crippen LogP) is 4.03. The third-order valence-corrected chi connectivity index (χ3v) is 5.05. The molecule has 0 unspecified atom stereocenters. The number of aromatic nitrogens is 3. The fraction of sp³-hybridized carbons (Fsp3) is 0.318. The second-order valence-electron chi connectivity index (χ2n) is 7.61. The van der Waals surface area contributed by atoms with Crippen molar-refractivity contribution >= 4 is 11.7 Å². The van der Waals surface area contributed by atoms with Gasteiger partial charge in [0.1, 0.15) is 24.2 Å². The minimum Gasteiger partial charge on any atom is -0.475 e. The van der Waals surface area contributed by atoms with Gasteiger partial charge in [-0.2, -0.15) is 18.3 Å². The van der Waals surface area contributed by atoms with Gasteiger partial charge in [0.15, 0.2) is 0 Å². The number of halogens is 4. The van der Waals surface area contributed by atoms with E-state index in [1.165, 1.54) is 34.9 Å². The molecule has 4 rings (SSSR count). The van der Waals surface area contributed by atoms with Crippen LogP contribution in [0.25, 0.3) is 5.69 Å². The second kappa shape index (κ2) is 10.4. The van der Waals surface area contributed by atoms with Gasteiger partial charge < -0.3 is 15.3 Å². The van der Waals surface area contributed by atoms with E-state index in [-0.39, 0.29) is 5.82 Å². The summed E-state index contributed by atoms with van der Waals surface area (Å²) in [6, 6.07) is 11.7. The molecule has 0 saturated heterocycles. The highest BCUT2D eigenvalue weighted by atomic mass is 19.4. The van der Waals surface area contributed by atoms with E-state index >= 15 is 0 Å². The Morgan fingerprint density at radius 3 is 2.58 bits per heavy atom. The van der Waals surface area contributed by atoms with Crippen LogP contribution in [-0.2, 0) is 24.3 Å². The van der Waals surface area contributed by atoms with Gasteiger partial charge in [0.25, 0.3) is 0 Å². The van der Waals surface area contributed by atoms with E-state index in [0.29, 0.717) is 12.2 Å². The zero-order valence-electron chi connectivity index (χ0n) is 17.8. The Kier molecular flexibility index (Phi) is 7.64. The molecule has 0 atom stereocenters. The number of nitrogens with zero attached hydrogens (tertiary/aromatic N) is 4. The van der Waals surface area contributed by atoms with Crippen LogP contribution in [-0.4, -0.2) is 50.5 Å². The van der Waals surface area contributed by atoms with Crippen LogP contribution in [0.5, 0.6) is 0 Å². The number of fused-ring (bicyclic) bond motifs is 1. The molecule has 176 valence electrons. The summed E-state index contributed by atoms with van der Waals surface area (Å²) in [5, 5.41) is 14.5. The normalized spacial score (nSPS) is 14.0. The molecule has 33 heavy (non-hydrogen) atoms. The fourth-order valence-electron chi connectivity index (χ4n) is 3.42. The van der Waals surface area contributed by atoms with E-state index in [4.69, 9.17) is 9.90 Å². The molecule has 7 nitrogen and oxygen atoms in total. The lowest BCUT2D eigenvalue weighted by atomic mass is 10.0. The average molecular weight is 465 g/mol. The standard InChI is InChI=1S/C20H22FN5.C2HF3O2/c1-25-8-2-3-16-5-6-18(10-17(16)12-25)23-11-15-4-7-20(19(21)9-15)26-14-22-13-24-26;3-2(4,5)1(6)7/h4-7,9-10,13-14,23H,2-3,8,11-12H2,1H3;(H,6,7). The number of rotatable bonds is 4. The molecule has 0 fully saturated rings. The number of aryl methyl sites for hydroxylation is 1. The Labute approximate surface area is 187 Å². The van der Waals surface area contributed by atoms with Crippen LogP contribution in [0.2, 0.25) is 0 Å². The Hall–Kier alpha value is -3.47. The van der Waals surface area contributed by atoms with Crippen LogP contribution in [0.3, 0.4) is 0 Å². The molecule has 0 spiro atoms. The van der Waals surface area contributed by atoms with Crippen molar-refractivity contribution in [3.05, 3.63) is 71.6 Å². The highest BCUT2D eigenvalue weighted by Crippen LogP contribution is 2.23. The maximum atomic E-state index is 14.3. The highest BCUT2D eigenvalue weighted by Gasteiger charge is 2.38. The van der Waals surface area contributed by atoms with Crippen molar-refractivity contribution in [3.8, 4) is 5.69 Å². The van der Waals surface area contributed by atoms with Crippen molar-refractivity contribution in [2.24, 2.45) is 0 Å². The molecule has 0 radical (unpaired) electrons. The molecule has 0 saturated carbocycles. The number of hydrogen-bond acceptors (Lipinski definition) is 5. The molecule has 3 aromatic rings. The first-order valence-electron chi connectivity index (χ1n) is 10.1. The first kappa shape index (κ1) is 24.2. The number of carboxylic acid groups (broad SMARTS) is 1. The smallest absolute Gasteiger partial charge is 0.475 e. The van der Waals surface area contributed by atoms with Gasteiger partial charge in [-0.25, -0.2) is 18.9 Å². The van der Waals surface area contributed by atoms with E-state index in [0.717, 1.165) is 30.8 Å². The van der Waals surface area contributed by atoms with Crippen LogP contribution >= 0.6 is 0 Å². The minimum absolute atomic E-state index is 0.307. The molecule has 2 aromatic carbocycles. The summed E-state index contributed by atoms with van der Waals surface area (Å²) in [7, 11) is 2.16. The zero-order chi connectivity index (χ0) is 24.0. The lowest BCUT2D eigenvalue weighted by Crippen LogP contribution is -2.21. The quantitative estimate of drug-likeness (QED) is 0.567. The lowest BCUT2D eigenvalue weighted by molar-refractivity contribution is -0.192. The second-order valence-corrected chi connectivity index (χ2v) is 7.61. The van der Waals surface area contributed by atoms with Gasteiger partial charge in [-0.1, -0.05) is 12.1 Å². The van der Waals surface area contributed by atoms with Crippen LogP contribution in [0.4, 0.5) is 23.2 Å². The number of carbonyl (C=O) groups is 1. The van der Waals surface area contributed by atoms with Gasteiger partial charge in [-0.15, -0.1) is 0 Å². The number of carboxylic acids is 1. The number of alkyl halides is 3. The summed E-state index contributed by atoms with van der Waals surface area (Å²) in [6.07, 6.45) is 0.135.